The van der Waals surface area contributed by atoms with E-state index in [1.165, 1.54) is 12.8 Å². The molecule has 0 aromatic heterocycles. The fourth-order valence-electron chi connectivity index (χ4n) is 2.70. The van der Waals surface area contributed by atoms with Crippen LogP contribution < -0.4 is 14.8 Å². The topological polar surface area (TPSA) is 33.7 Å². The van der Waals surface area contributed by atoms with Crippen molar-refractivity contribution in [2.45, 2.75) is 19.8 Å². The molecule has 0 spiro atoms. The molecule has 1 aromatic rings. The van der Waals surface area contributed by atoms with Gasteiger partial charge in [-0.3, -0.25) is 0 Å². The molecular formula is C15H20N2O2S. The van der Waals surface area contributed by atoms with Crippen LogP contribution in [0.2, 0.25) is 0 Å². The summed E-state index contributed by atoms with van der Waals surface area (Å²) in [4.78, 5) is 2.25. The summed E-state index contributed by atoms with van der Waals surface area (Å²) in [6.07, 6.45) is 2.51. The zero-order valence-corrected chi connectivity index (χ0v) is 12.5. The number of nitrogens with one attached hydrogen (secondary N) is 1. The van der Waals surface area contributed by atoms with Gasteiger partial charge in [0, 0.05) is 24.8 Å². The lowest BCUT2D eigenvalue weighted by atomic mass is 10.0. The molecule has 1 aromatic carbocycles. The van der Waals surface area contributed by atoms with Gasteiger partial charge in [-0.15, -0.1) is 0 Å². The van der Waals surface area contributed by atoms with Gasteiger partial charge in [0.15, 0.2) is 16.6 Å². The lowest BCUT2D eigenvalue weighted by Crippen LogP contribution is -2.41. The highest BCUT2D eigenvalue weighted by Crippen LogP contribution is 2.32. The van der Waals surface area contributed by atoms with E-state index in [4.69, 9.17) is 21.7 Å². The molecule has 1 saturated heterocycles. The SMILES string of the molecule is C[C@@H]1CCCN(C(=S)Nc2ccc3c(c2)OCCO3)C1. The average Bonchev–Trinajstić information content (AvgIpc) is 2.47. The molecule has 0 bridgehead atoms. The Labute approximate surface area is 125 Å². The minimum absolute atomic E-state index is 0.602. The van der Waals surface area contributed by atoms with Crippen LogP contribution in [0.4, 0.5) is 5.69 Å². The van der Waals surface area contributed by atoms with Gasteiger partial charge < -0.3 is 19.7 Å². The van der Waals surface area contributed by atoms with Crippen molar-refractivity contribution < 1.29 is 9.47 Å². The van der Waals surface area contributed by atoms with Gasteiger partial charge in [-0.25, -0.2) is 0 Å². The predicted molar refractivity (Wildman–Crippen MR) is 83.6 cm³/mol. The summed E-state index contributed by atoms with van der Waals surface area (Å²) in [5.74, 6) is 2.30. The van der Waals surface area contributed by atoms with E-state index in [2.05, 4.69) is 17.1 Å². The number of rotatable bonds is 1. The van der Waals surface area contributed by atoms with E-state index < -0.39 is 0 Å². The number of fused-ring (bicyclic) bond motifs is 1. The highest BCUT2D eigenvalue weighted by molar-refractivity contribution is 7.80. The summed E-state index contributed by atoms with van der Waals surface area (Å²) < 4.78 is 11.1. The van der Waals surface area contributed by atoms with Crippen LogP contribution in [-0.2, 0) is 0 Å². The second kappa shape index (κ2) is 5.87. The summed E-state index contributed by atoms with van der Waals surface area (Å²) in [6.45, 7) is 5.57. The molecule has 0 radical (unpaired) electrons. The molecule has 1 N–H and O–H groups in total. The zero-order valence-electron chi connectivity index (χ0n) is 11.7. The number of anilines is 1. The molecule has 1 atom stereocenters. The van der Waals surface area contributed by atoms with E-state index in [1.54, 1.807) is 0 Å². The number of piperidine rings is 1. The molecule has 3 rings (SSSR count). The van der Waals surface area contributed by atoms with Crippen molar-refractivity contribution in [2.75, 3.05) is 31.6 Å². The molecule has 4 nitrogen and oxygen atoms in total. The highest BCUT2D eigenvalue weighted by Gasteiger charge is 2.19. The molecule has 2 aliphatic heterocycles. The molecule has 2 aliphatic rings. The van der Waals surface area contributed by atoms with Crippen LogP contribution in [0.1, 0.15) is 19.8 Å². The van der Waals surface area contributed by atoms with E-state index in [0.29, 0.717) is 19.1 Å². The minimum atomic E-state index is 0.602. The number of hydrogen-bond donors (Lipinski definition) is 1. The summed E-state index contributed by atoms with van der Waals surface area (Å²) in [6, 6.07) is 5.86. The van der Waals surface area contributed by atoms with Crippen LogP contribution in [0.15, 0.2) is 18.2 Å². The Kier molecular flexibility index (Phi) is 3.96. The first-order valence-electron chi connectivity index (χ1n) is 7.18. The standard InChI is InChI=1S/C15H20N2O2S/c1-11-3-2-6-17(10-11)15(20)16-12-4-5-13-14(9-12)19-8-7-18-13/h4-5,9,11H,2-3,6-8,10H2,1H3,(H,16,20)/t11-/m1/s1. The van der Waals surface area contributed by atoms with Gasteiger partial charge in [-0.05, 0) is 43.1 Å². The van der Waals surface area contributed by atoms with E-state index >= 15 is 0 Å². The van der Waals surface area contributed by atoms with Crippen molar-refractivity contribution >= 4 is 23.0 Å². The molecule has 108 valence electrons. The normalized spacial score (nSPS) is 21.4. The third kappa shape index (κ3) is 2.98. The first kappa shape index (κ1) is 13.5. The van der Waals surface area contributed by atoms with Crippen molar-refractivity contribution in [3.63, 3.8) is 0 Å². The molecule has 5 heteroatoms. The third-order valence-electron chi connectivity index (χ3n) is 3.74. The van der Waals surface area contributed by atoms with Gasteiger partial charge in [0.1, 0.15) is 13.2 Å². The van der Waals surface area contributed by atoms with Crippen LogP contribution in [0.25, 0.3) is 0 Å². The Bertz CT molecular complexity index is 507. The first-order chi connectivity index (χ1) is 9.72. The highest BCUT2D eigenvalue weighted by atomic mass is 32.1. The van der Waals surface area contributed by atoms with Gasteiger partial charge in [0.05, 0.1) is 0 Å². The Hall–Kier alpha value is -1.49. The molecule has 0 saturated carbocycles. The number of nitrogens with zero attached hydrogens (tertiary/aromatic N) is 1. The van der Waals surface area contributed by atoms with Crippen molar-refractivity contribution in [3.05, 3.63) is 18.2 Å². The van der Waals surface area contributed by atoms with Gasteiger partial charge in [-0.2, -0.15) is 0 Å². The lowest BCUT2D eigenvalue weighted by Gasteiger charge is -2.33. The van der Waals surface area contributed by atoms with Crippen molar-refractivity contribution in [3.8, 4) is 11.5 Å². The predicted octanol–water partition coefficient (Wildman–Crippen LogP) is 2.89. The maximum Gasteiger partial charge on any atom is 0.173 e. The van der Waals surface area contributed by atoms with Crippen LogP contribution in [0.5, 0.6) is 11.5 Å². The fraction of sp³-hybridized carbons (Fsp3) is 0.533. The maximum atomic E-state index is 5.59. The van der Waals surface area contributed by atoms with Crippen molar-refractivity contribution in [1.29, 1.82) is 0 Å². The van der Waals surface area contributed by atoms with Crippen LogP contribution in [0, 0.1) is 5.92 Å². The third-order valence-corrected chi connectivity index (χ3v) is 4.10. The van der Waals surface area contributed by atoms with Crippen LogP contribution in [-0.4, -0.2) is 36.3 Å². The van der Waals surface area contributed by atoms with Gasteiger partial charge in [-0.1, -0.05) is 6.92 Å². The lowest BCUT2D eigenvalue weighted by molar-refractivity contribution is 0.171. The molecule has 1 fully saturated rings. The van der Waals surface area contributed by atoms with Crippen molar-refractivity contribution in [1.82, 2.24) is 4.90 Å². The number of thiocarbonyl (C=S) groups is 1. The number of ether oxygens (including phenoxy) is 2. The molecular weight excluding hydrogens is 272 g/mol. The number of hydrogen-bond acceptors (Lipinski definition) is 3. The number of benzene rings is 1. The Morgan fingerprint density at radius 1 is 1.30 bits per heavy atom. The van der Waals surface area contributed by atoms with Crippen LogP contribution >= 0.6 is 12.2 Å². The molecule has 20 heavy (non-hydrogen) atoms. The fourth-order valence-corrected chi connectivity index (χ4v) is 2.98. The van der Waals surface area contributed by atoms with E-state index in [0.717, 1.165) is 35.4 Å². The quantitative estimate of drug-likeness (QED) is 0.805. The van der Waals surface area contributed by atoms with Crippen LogP contribution in [0.3, 0.4) is 0 Å². The molecule has 0 aliphatic carbocycles. The van der Waals surface area contributed by atoms with E-state index in [1.807, 2.05) is 18.2 Å². The largest absolute Gasteiger partial charge is 0.486 e. The summed E-state index contributed by atoms with van der Waals surface area (Å²) in [7, 11) is 0. The summed E-state index contributed by atoms with van der Waals surface area (Å²) >= 11 is 5.51. The second-order valence-electron chi connectivity index (χ2n) is 5.48. The minimum Gasteiger partial charge on any atom is -0.486 e. The number of likely N-dealkylation sites (tertiary alicyclic amines) is 1. The van der Waals surface area contributed by atoms with Crippen molar-refractivity contribution in [2.24, 2.45) is 5.92 Å². The Morgan fingerprint density at radius 2 is 2.10 bits per heavy atom. The Balaban J connectivity index is 1.66. The van der Waals surface area contributed by atoms with E-state index in [-0.39, 0.29) is 0 Å². The summed E-state index contributed by atoms with van der Waals surface area (Å²) in [5, 5.41) is 4.10. The zero-order chi connectivity index (χ0) is 13.9. The Morgan fingerprint density at radius 3 is 2.90 bits per heavy atom. The first-order valence-corrected chi connectivity index (χ1v) is 7.59. The average molecular weight is 292 g/mol. The molecule has 0 unspecified atom stereocenters. The maximum absolute atomic E-state index is 5.59. The monoisotopic (exact) mass is 292 g/mol. The smallest absolute Gasteiger partial charge is 0.173 e. The molecule has 0 amide bonds. The second-order valence-corrected chi connectivity index (χ2v) is 5.87. The van der Waals surface area contributed by atoms with Gasteiger partial charge >= 0.3 is 0 Å². The summed E-state index contributed by atoms with van der Waals surface area (Å²) in [5.41, 5.74) is 0.956. The van der Waals surface area contributed by atoms with Gasteiger partial charge in [0.2, 0.25) is 0 Å². The molecule has 2 heterocycles. The van der Waals surface area contributed by atoms with Gasteiger partial charge in [0.25, 0.3) is 0 Å². The van der Waals surface area contributed by atoms with E-state index in [9.17, 15) is 0 Å².